The Bertz CT molecular complexity index is 752. The summed E-state index contributed by atoms with van der Waals surface area (Å²) in [5.41, 5.74) is 5.11. The van der Waals surface area contributed by atoms with Crippen molar-refractivity contribution in [1.82, 2.24) is 0 Å². The zero-order valence-corrected chi connectivity index (χ0v) is 17.3. The number of unbranched alkanes of at least 4 members (excludes halogenated alkanes) is 1. The Labute approximate surface area is 176 Å². The number of aliphatic hydroxyl groups excluding tert-OH is 3. The molecular weight excluding hydrogens is 388 g/mol. The molecule has 1 amide bonds. The molecule has 2 rings (SSSR count). The maximum Gasteiger partial charge on any atom is 0.217 e. The first kappa shape index (κ1) is 23.3. The SMILES string of the molecule is N#Cc1ccc(CCC(O)/C=C/[C@H]2C(O)CC(O)[C@@H]2C/C=C\CCCC(N)=O)s1. The van der Waals surface area contributed by atoms with Crippen LogP contribution in [0.25, 0.3) is 0 Å². The molecule has 7 heteroatoms. The van der Waals surface area contributed by atoms with Gasteiger partial charge in [-0.1, -0.05) is 24.3 Å². The van der Waals surface area contributed by atoms with Crippen molar-refractivity contribution in [3.05, 3.63) is 46.2 Å². The second-order valence-corrected chi connectivity index (χ2v) is 8.71. The van der Waals surface area contributed by atoms with Crippen LogP contribution in [0.2, 0.25) is 0 Å². The number of carbonyl (C=O) groups is 1. The lowest BCUT2D eigenvalue weighted by Crippen LogP contribution is -2.20. The van der Waals surface area contributed by atoms with Gasteiger partial charge in [0.1, 0.15) is 10.9 Å². The van der Waals surface area contributed by atoms with Crippen LogP contribution in [0.15, 0.2) is 36.4 Å². The summed E-state index contributed by atoms with van der Waals surface area (Å²) in [6.45, 7) is 0. The number of carbonyl (C=O) groups excluding carboxylic acids is 1. The summed E-state index contributed by atoms with van der Waals surface area (Å²) in [6, 6.07) is 5.80. The number of allylic oxidation sites excluding steroid dienone is 2. The predicted octanol–water partition coefficient (Wildman–Crippen LogP) is 2.43. The molecule has 5 atom stereocenters. The highest BCUT2D eigenvalue weighted by atomic mass is 32.1. The van der Waals surface area contributed by atoms with Crippen LogP contribution < -0.4 is 5.73 Å². The summed E-state index contributed by atoms with van der Waals surface area (Å²) in [6.07, 6.45) is 9.65. The number of hydrogen-bond acceptors (Lipinski definition) is 6. The van der Waals surface area contributed by atoms with E-state index >= 15 is 0 Å². The van der Waals surface area contributed by atoms with E-state index in [0.29, 0.717) is 43.4 Å². The summed E-state index contributed by atoms with van der Waals surface area (Å²) >= 11 is 1.43. The van der Waals surface area contributed by atoms with E-state index in [2.05, 4.69) is 6.07 Å². The molecule has 1 saturated carbocycles. The van der Waals surface area contributed by atoms with Gasteiger partial charge in [0, 0.05) is 23.6 Å². The van der Waals surface area contributed by atoms with Crippen molar-refractivity contribution in [2.75, 3.05) is 0 Å². The standard InChI is InChI=1S/C22H30N2O4S/c23-14-17-11-10-16(29-17)9-7-15(25)8-12-19-18(20(26)13-21(19)27)5-3-1-2-4-6-22(24)28/h1,3,8,10-12,15,18-21,25-27H,2,4-7,9,13H2,(H2,24,28)/b3-1-,12-8+/t15?,18-,19-,20?,21?/m1/s1. The number of nitrogens with two attached hydrogens (primary N) is 1. The normalized spacial score (nSPS) is 25.6. The number of primary amides is 1. The number of hydrogen-bond donors (Lipinski definition) is 4. The van der Waals surface area contributed by atoms with Crippen LogP contribution in [0.5, 0.6) is 0 Å². The van der Waals surface area contributed by atoms with Crippen LogP contribution in [0, 0.1) is 23.2 Å². The largest absolute Gasteiger partial charge is 0.393 e. The molecule has 0 spiro atoms. The van der Waals surface area contributed by atoms with Gasteiger partial charge in [-0.25, -0.2) is 0 Å². The van der Waals surface area contributed by atoms with Crippen LogP contribution in [-0.4, -0.2) is 39.5 Å². The summed E-state index contributed by atoms with van der Waals surface area (Å²) in [5, 5.41) is 39.7. The molecule has 1 aliphatic rings. The Morgan fingerprint density at radius 1 is 1.34 bits per heavy atom. The van der Waals surface area contributed by atoms with Crippen molar-refractivity contribution in [1.29, 1.82) is 5.26 Å². The summed E-state index contributed by atoms with van der Waals surface area (Å²) < 4.78 is 0. The van der Waals surface area contributed by atoms with E-state index in [4.69, 9.17) is 11.0 Å². The van der Waals surface area contributed by atoms with Crippen LogP contribution in [0.1, 0.15) is 48.3 Å². The van der Waals surface area contributed by atoms with Crippen molar-refractivity contribution in [3.63, 3.8) is 0 Å². The van der Waals surface area contributed by atoms with Gasteiger partial charge in [-0.3, -0.25) is 4.79 Å². The number of aliphatic hydroxyl groups is 3. The Morgan fingerprint density at radius 2 is 2.14 bits per heavy atom. The highest BCUT2D eigenvalue weighted by molar-refractivity contribution is 7.12. The first-order valence-electron chi connectivity index (χ1n) is 10.0. The van der Waals surface area contributed by atoms with Crippen LogP contribution in [0.4, 0.5) is 0 Å². The van der Waals surface area contributed by atoms with Gasteiger partial charge < -0.3 is 21.1 Å². The highest BCUT2D eigenvalue weighted by Crippen LogP contribution is 2.36. The van der Waals surface area contributed by atoms with Crippen molar-refractivity contribution < 1.29 is 20.1 Å². The van der Waals surface area contributed by atoms with Gasteiger partial charge in [0.05, 0.1) is 18.3 Å². The highest BCUT2D eigenvalue weighted by Gasteiger charge is 2.39. The lowest BCUT2D eigenvalue weighted by molar-refractivity contribution is -0.118. The predicted molar refractivity (Wildman–Crippen MR) is 113 cm³/mol. The molecule has 5 N–H and O–H groups in total. The first-order chi connectivity index (χ1) is 13.9. The third kappa shape index (κ3) is 7.75. The maximum absolute atomic E-state index is 10.7. The van der Waals surface area contributed by atoms with Gasteiger partial charge >= 0.3 is 0 Å². The molecule has 0 aliphatic heterocycles. The summed E-state index contributed by atoms with van der Waals surface area (Å²) in [4.78, 5) is 12.5. The van der Waals surface area contributed by atoms with Crippen molar-refractivity contribution in [2.45, 2.75) is 63.3 Å². The molecule has 1 aromatic heterocycles. The molecule has 0 bridgehead atoms. The molecule has 0 aromatic carbocycles. The Balaban J connectivity index is 1.82. The lowest BCUT2D eigenvalue weighted by atomic mass is 9.89. The molecule has 0 radical (unpaired) electrons. The molecule has 6 nitrogen and oxygen atoms in total. The average Bonchev–Trinajstić information content (AvgIpc) is 3.25. The van der Waals surface area contributed by atoms with Crippen molar-refractivity contribution in [3.8, 4) is 6.07 Å². The average molecular weight is 419 g/mol. The minimum absolute atomic E-state index is 0.101. The molecule has 1 fully saturated rings. The number of rotatable bonds is 11. The van der Waals surface area contributed by atoms with Gasteiger partial charge in [-0.05, 0) is 50.2 Å². The van der Waals surface area contributed by atoms with E-state index in [1.54, 1.807) is 12.1 Å². The minimum Gasteiger partial charge on any atom is -0.393 e. The summed E-state index contributed by atoms with van der Waals surface area (Å²) in [7, 11) is 0. The number of thiophene rings is 1. The molecule has 29 heavy (non-hydrogen) atoms. The van der Waals surface area contributed by atoms with Gasteiger partial charge in [0.25, 0.3) is 0 Å². The van der Waals surface area contributed by atoms with Crippen molar-refractivity contribution in [2.24, 2.45) is 17.6 Å². The van der Waals surface area contributed by atoms with Crippen LogP contribution in [-0.2, 0) is 11.2 Å². The molecule has 3 unspecified atom stereocenters. The molecule has 158 valence electrons. The van der Waals surface area contributed by atoms with E-state index in [1.165, 1.54) is 11.3 Å². The quantitative estimate of drug-likeness (QED) is 0.324. The molecular formula is C22H30N2O4S. The fourth-order valence-electron chi connectivity index (χ4n) is 3.69. The molecule has 1 aromatic rings. The van der Waals surface area contributed by atoms with E-state index < -0.39 is 18.3 Å². The minimum atomic E-state index is -0.641. The van der Waals surface area contributed by atoms with Gasteiger partial charge in [0.2, 0.25) is 5.91 Å². The van der Waals surface area contributed by atoms with Crippen molar-refractivity contribution >= 4 is 17.2 Å². The Kier molecular flexibility index (Phi) is 9.55. The number of nitrogens with zero attached hydrogens (tertiary/aromatic N) is 1. The van der Waals surface area contributed by atoms with Gasteiger partial charge in [-0.15, -0.1) is 11.3 Å². The fourth-order valence-corrected chi connectivity index (χ4v) is 4.51. The van der Waals surface area contributed by atoms with E-state index in [9.17, 15) is 20.1 Å². The zero-order chi connectivity index (χ0) is 21.2. The number of aryl methyl sites for hydroxylation is 1. The first-order valence-corrected chi connectivity index (χ1v) is 10.9. The third-order valence-corrected chi connectivity index (χ3v) is 6.35. The second kappa shape index (κ2) is 11.9. The second-order valence-electron chi connectivity index (χ2n) is 7.55. The maximum atomic E-state index is 10.7. The zero-order valence-electron chi connectivity index (χ0n) is 16.5. The van der Waals surface area contributed by atoms with Gasteiger partial charge in [-0.2, -0.15) is 5.26 Å². The molecule has 1 aliphatic carbocycles. The fraction of sp³-hybridized carbons (Fsp3) is 0.545. The molecule has 1 heterocycles. The van der Waals surface area contributed by atoms with E-state index in [0.717, 1.165) is 11.3 Å². The van der Waals surface area contributed by atoms with E-state index in [-0.39, 0.29) is 17.7 Å². The Morgan fingerprint density at radius 3 is 2.83 bits per heavy atom. The van der Waals surface area contributed by atoms with Gasteiger partial charge in [0.15, 0.2) is 0 Å². The topological polar surface area (TPSA) is 128 Å². The van der Waals surface area contributed by atoms with Crippen LogP contribution >= 0.6 is 11.3 Å². The summed E-state index contributed by atoms with van der Waals surface area (Å²) in [5.74, 6) is -0.612. The lowest BCUT2D eigenvalue weighted by Gasteiger charge is -2.19. The smallest absolute Gasteiger partial charge is 0.217 e. The monoisotopic (exact) mass is 418 g/mol. The Hall–Kier alpha value is -1.98. The molecule has 0 saturated heterocycles. The third-order valence-electron chi connectivity index (χ3n) is 5.30. The number of nitriles is 1. The number of amides is 1. The van der Waals surface area contributed by atoms with E-state index in [1.807, 2.05) is 24.3 Å². The van der Waals surface area contributed by atoms with Crippen LogP contribution in [0.3, 0.4) is 0 Å².